The fourth-order valence-electron chi connectivity index (χ4n) is 1.77. The van der Waals surface area contributed by atoms with Gasteiger partial charge in [-0.3, -0.25) is 14.4 Å². The molecular formula is C18H15NO3. The molecule has 2 aromatic carbocycles. The van der Waals surface area contributed by atoms with Crippen molar-refractivity contribution in [2.24, 2.45) is 0 Å². The van der Waals surface area contributed by atoms with Gasteiger partial charge in [0.15, 0.2) is 0 Å². The maximum Gasteiger partial charge on any atom is 0.251 e. The van der Waals surface area contributed by atoms with Crippen molar-refractivity contribution >= 4 is 23.5 Å². The molecule has 4 nitrogen and oxygen atoms in total. The Morgan fingerprint density at radius 2 is 1.45 bits per heavy atom. The Balaban J connectivity index is 1.86. The fraction of sp³-hybridized carbons (Fsp3) is 0.0556. The van der Waals surface area contributed by atoms with Crippen molar-refractivity contribution in [3.63, 3.8) is 0 Å². The molecule has 0 aliphatic carbocycles. The molecule has 0 radical (unpaired) electrons. The van der Waals surface area contributed by atoms with Gasteiger partial charge in [0, 0.05) is 5.56 Å². The molecule has 1 amide bonds. The minimum atomic E-state index is -0.656. The molecule has 0 unspecified atom stereocenters. The summed E-state index contributed by atoms with van der Waals surface area (Å²) in [6, 6.07) is 17.7. The van der Waals surface area contributed by atoms with Crippen LogP contribution >= 0.6 is 0 Å². The van der Waals surface area contributed by atoms with Crippen LogP contribution in [0.15, 0.2) is 66.7 Å². The van der Waals surface area contributed by atoms with E-state index in [0.29, 0.717) is 5.56 Å². The highest BCUT2D eigenvalue weighted by molar-refractivity contribution is 6.43. The Kier molecular flexibility index (Phi) is 5.37. The zero-order valence-corrected chi connectivity index (χ0v) is 11.9. The number of nitrogens with one attached hydrogen (secondary N) is 1. The first-order valence-corrected chi connectivity index (χ1v) is 6.80. The third-order valence-electron chi connectivity index (χ3n) is 2.95. The predicted molar refractivity (Wildman–Crippen MR) is 84.3 cm³/mol. The number of amides is 1. The van der Waals surface area contributed by atoms with Crippen LogP contribution in [0.25, 0.3) is 6.08 Å². The normalized spacial score (nSPS) is 10.4. The largest absolute Gasteiger partial charge is 0.344 e. The van der Waals surface area contributed by atoms with Crippen LogP contribution in [0.5, 0.6) is 0 Å². The van der Waals surface area contributed by atoms with E-state index < -0.39 is 11.6 Å². The maximum absolute atomic E-state index is 11.8. The van der Waals surface area contributed by atoms with Crippen LogP contribution in [0.1, 0.15) is 15.9 Å². The molecule has 0 spiro atoms. The molecule has 0 fully saturated rings. The molecule has 110 valence electrons. The van der Waals surface area contributed by atoms with Crippen LogP contribution in [0, 0.1) is 0 Å². The second kappa shape index (κ2) is 7.69. The number of Topliss-reactive ketones (excluding diaryl/α,β-unsaturated/α-hetero) is 1. The van der Waals surface area contributed by atoms with E-state index in [1.807, 2.05) is 30.3 Å². The second-order valence-electron chi connectivity index (χ2n) is 4.58. The van der Waals surface area contributed by atoms with Crippen LogP contribution < -0.4 is 5.32 Å². The Morgan fingerprint density at radius 1 is 0.864 bits per heavy atom. The van der Waals surface area contributed by atoms with Gasteiger partial charge in [0.2, 0.25) is 11.6 Å². The van der Waals surface area contributed by atoms with Crippen LogP contribution in [-0.2, 0) is 9.59 Å². The van der Waals surface area contributed by atoms with E-state index in [-0.39, 0.29) is 12.5 Å². The standard InChI is InChI=1S/C18H15NO3/c20-16(12-11-14-7-3-1-4-8-14)17(21)13-19-18(22)15-9-5-2-6-10-15/h1-12H,13H2,(H,19,22)/b12-11+. The van der Waals surface area contributed by atoms with Gasteiger partial charge in [-0.1, -0.05) is 54.6 Å². The second-order valence-corrected chi connectivity index (χ2v) is 4.58. The van der Waals surface area contributed by atoms with Gasteiger partial charge in [-0.25, -0.2) is 0 Å². The molecule has 4 heteroatoms. The lowest BCUT2D eigenvalue weighted by Crippen LogP contribution is -2.32. The summed E-state index contributed by atoms with van der Waals surface area (Å²) in [6.07, 6.45) is 2.78. The highest BCUT2D eigenvalue weighted by atomic mass is 16.2. The average molecular weight is 293 g/mol. The van der Waals surface area contributed by atoms with E-state index >= 15 is 0 Å². The smallest absolute Gasteiger partial charge is 0.251 e. The number of hydrogen-bond acceptors (Lipinski definition) is 3. The van der Waals surface area contributed by atoms with E-state index in [1.54, 1.807) is 36.4 Å². The Labute approximate surface area is 128 Å². The Morgan fingerprint density at radius 3 is 2.09 bits per heavy atom. The molecule has 0 saturated carbocycles. The molecule has 0 heterocycles. The van der Waals surface area contributed by atoms with E-state index in [1.165, 1.54) is 6.08 Å². The van der Waals surface area contributed by atoms with E-state index in [9.17, 15) is 14.4 Å². The number of carbonyl (C=O) groups excluding carboxylic acids is 3. The van der Waals surface area contributed by atoms with Gasteiger partial charge in [-0.15, -0.1) is 0 Å². The van der Waals surface area contributed by atoms with Gasteiger partial charge >= 0.3 is 0 Å². The minimum absolute atomic E-state index is 0.314. The molecule has 0 aliphatic rings. The van der Waals surface area contributed by atoms with Crippen molar-refractivity contribution in [2.45, 2.75) is 0 Å². The van der Waals surface area contributed by atoms with Gasteiger partial charge in [0.05, 0.1) is 6.54 Å². The lowest BCUT2D eigenvalue weighted by molar-refractivity contribution is -0.133. The van der Waals surface area contributed by atoms with E-state index in [2.05, 4.69) is 5.32 Å². The number of hydrogen-bond donors (Lipinski definition) is 1. The molecule has 1 N–H and O–H groups in total. The third-order valence-corrected chi connectivity index (χ3v) is 2.95. The quantitative estimate of drug-likeness (QED) is 0.656. The van der Waals surface area contributed by atoms with Crippen molar-refractivity contribution in [1.82, 2.24) is 5.32 Å². The van der Waals surface area contributed by atoms with Gasteiger partial charge in [0.25, 0.3) is 5.91 Å². The number of benzene rings is 2. The molecule has 0 aliphatic heterocycles. The van der Waals surface area contributed by atoms with Crippen LogP contribution in [0.3, 0.4) is 0 Å². The van der Waals surface area contributed by atoms with Crippen LogP contribution in [0.4, 0.5) is 0 Å². The topological polar surface area (TPSA) is 63.2 Å². The molecule has 22 heavy (non-hydrogen) atoms. The van der Waals surface area contributed by atoms with E-state index in [0.717, 1.165) is 5.56 Å². The van der Waals surface area contributed by atoms with Crippen molar-refractivity contribution in [1.29, 1.82) is 0 Å². The summed E-state index contributed by atoms with van der Waals surface area (Å²) in [7, 11) is 0. The van der Waals surface area contributed by atoms with Gasteiger partial charge in [-0.05, 0) is 23.8 Å². The van der Waals surface area contributed by atoms with Crippen molar-refractivity contribution in [3.8, 4) is 0 Å². The van der Waals surface area contributed by atoms with Gasteiger partial charge in [-0.2, -0.15) is 0 Å². The first-order valence-electron chi connectivity index (χ1n) is 6.80. The average Bonchev–Trinajstić information content (AvgIpc) is 2.58. The lowest BCUT2D eigenvalue weighted by atomic mass is 10.1. The molecule has 2 aromatic rings. The Bertz CT molecular complexity index is 691. The summed E-state index contributed by atoms with van der Waals surface area (Å²) in [5.41, 5.74) is 1.28. The van der Waals surface area contributed by atoms with Crippen LogP contribution in [0.2, 0.25) is 0 Å². The maximum atomic E-state index is 11.8. The highest BCUT2D eigenvalue weighted by Gasteiger charge is 2.12. The van der Waals surface area contributed by atoms with Crippen LogP contribution in [-0.4, -0.2) is 24.0 Å². The van der Waals surface area contributed by atoms with Gasteiger partial charge in [0.1, 0.15) is 0 Å². The summed E-state index contributed by atoms with van der Waals surface area (Å²) in [5.74, 6) is -1.68. The Hall–Kier alpha value is -3.01. The molecule has 2 rings (SSSR count). The summed E-state index contributed by atoms with van der Waals surface area (Å²) in [5, 5.41) is 2.43. The number of ketones is 2. The summed E-state index contributed by atoms with van der Waals surface area (Å²) in [6.45, 7) is -0.314. The first kappa shape index (κ1) is 15.4. The molecule has 0 atom stereocenters. The van der Waals surface area contributed by atoms with Crippen molar-refractivity contribution < 1.29 is 14.4 Å². The number of allylic oxidation sites excluding steroid dienone is 1. The van der Waals surface area contributed by atoms with Crippen molar-refractivity contribution in [2.75, 3.05) is 6.54 Å². The number of carbonyl (C=O) groups is 3. The van der Waals surface area contributed by atoms with Gasteiger partial charge < -0.3 is 5.32 Å². The SMILES string of the molecule is O=C(/C=C/c1ccccc1)C(=O)CNC(=O)c1ccccc1. The third kappa shape index (κ3) is 4.52. The summed E-state index contributed by atoms with van der Waals surface area (Å²) in [4.78, 5) is 35.1. The zero-order valence-electron chi connectivity index (χ0n) is 11.9. The zero-order chi connectivity index (χ0) is 15.8. The monoisotopic (exact) mass is 293 g/mol. The number of rotatable bonds is 6. The predicted octanol–water partition coefficient (Wildman–Crippen LogP) is 2.27. The summed E-state index contributed by atoms with van der Waals surface area (Å²) >= 11 is 0. The summed E-state index contributed by atoms with van der Waals surface area (Å²) < 4.78 is 0. The highest BCUT2D eigenvalue weighted by Crippen LogP contribution is 2.01. The molecule has 0 bridgehead atoms. The molecular weight excluding hydrogens is 278 g/mol. The molecule has 0 aromatic heterocycles. The molecule has 0 saturated heterocycles. The van der Waals surface area contributed by atoms with E-state index in [4.69, 9.17) is 0 Å². The lowest BCUT2D eigenvalue weighted by Gasteiger charge is -2.02. The fourth-order valence-corrected chi connectivity index (χ4v) is 1.77. The minimum Gasteiger partial charge on any atom is -0.344 e. The van der Waals surface area contributed by atoms with Crippen molar-refractivity contribution in [3.05, 3.63) is 77.9 Å². The first-order chi connectivity index (χ1) is 10.7.